The maximum Gasteiger partial charge on any atom is 0.194 e. The van der Waals surface area contributed by atoms with E-state index in [0.717, 1.165) is 51.0 Å². The molecular formula is C21H36N6. The fraction of sp³-hybridized carbons (Fsp3) is 0.714. The van der Waals surface area contributed by atoms with Crippen molar-refractivity contribution in [1.82, 2.24) is 20.1 Å². The zero-order chi connectivity index (χ0) is 19.1. The minimum atomic E-state index is 0.643. The van der Waals surface area contributed by atoms with Crippen LogP contribution < -0.4 is 10.2 Å². The van der Waals surface area contributed by atoms with Gasteiger partial charge in [0.1, 0.15) is 5.82 Å². The number of hydrogen-bond donors (Lipinski definition) is 1. The molecule has 6 heteroatoms. The van der Waals surface area contributed by atoms with Crippen LogP contribution >= 0.6 is 0 Å². The molecule has 2 aliphatic rings. The van der Waals surface area contributed by atoms with Crippen LogP contribution in [0.15, 0.2) is 29.4 Å². The van der Waals surface area contributed by atoms with Crippen molar-refractivity contribution in [3.63, 3.8) is 0 Å². The van der Waals surface area contributed by atoms with E-state index in [4.69, 9.17) is 4.99 Å². The van der Waals surface area contributed by atoms with Crippen molar-refractivity contribution in [2.45, 2.75) is 39.7 Å². The van der Waals surface area contributed by atoms with Crippen molar-refractivity contribution in [3.05, 3.63) is 24.4 Å². The Morgan fingerprint density at radius 3 is 2.70 bits per heavy atom. The summed E-state index contributed by atoms with van der Waals surface area (Å²) in [6, 6.07) is 6.77. The number of hydrogen-bond acceptors (Lipinski definition) is 4. The molecule has 3 heterocycles. The topological polar surface area (TPSA) is 47.0 Å². The van der Waals surface area contributed by atoms with Crippen molar-refractivity contribution in [2.75, 3.05) is 57.3 Å². The van der Waals surface area contributed by atoms with Gasteiger partial charge in [0, 0.05) is 58.1 Å². The van der Waals surface area contributed by atoms with Gasteiger partial charge in [0.2, 0.25) is 0 Å². The zero-order valence-electron chi connectivity index (χ0n) is 17.3. The quantitative estimate of drug-likeness (QED) is 0.635. The number of piperidine rings is 1. The number of anilines is 1. The van der Waals surface area contributed by atoms with E-state index in [2.05, 4.69) is 57.9 Å². The summed E-state index contributed by atoms with van der Waals surface area (Å²) in [4.78, 5) is 16.9. The molecule has 0 bridgehead atoms. The van der Waals surface area contributed by atoms with E-state index in [-0.39, 0.29) is 0 Å². The third kappa shape index (κ3) is 5.58. The Kier molecular flexibility index (Phi) is 7.33. The molecule has 1 aromatic rings. The lowest BCUT2D eigenvalue weighted by molar-refractivity contribution is 0.143. The number of pyridine rings is 1. The number of aliphatic imine (C=N–C) groups is 1. The standard InChI is InChI=1S/C21H36N6/c1-4-22-21(24-16-19-8-7-11-27(17-19)18(2)3)26-14-12-25(13-15-26)20-9-5-6-10-23-20/h5-6,9-10,18-19H,4,7-8,11-17H2,1-3H3,(H,22,24). The van der Waals surface area contributed by atoms with Crippen LogP contribution in [0.2, 0.25) is 0 Å². The Labute approximate surface area is 164 Å². The molecule has 0 saturated carbocycles. The highest BCUT2D eigenvalue weighted by Crippen LogP contribution is 2.19. The third-order valence-electron chi connectivity index (χ3n) is 5.67. The van der Waals surface area contributed by atoms with E-state index in [1.165, 1.54) is 25.9 Å². The molecule has 1 atom stereocenters. The maximum atomic E-state index is 5.02. The number of nitrogens with zero attached hydrogens (tertiary/aromatic N) is 5. The Balaban J connectivity index is 1.55. The van der Waals surface area contributed by atoms with Gasteiger partial charge in [-0.2, -0.15) is 0 Å². The van der Waals surface area contributed by atoms with Gasteiger partial charge in [-0.3, -0.25) is 4.99 Å². The average Bonchev–Trinajstić information content (AvgIpc) is 2.72. The monoisotopic (exact) mass is 372 g/mol. The van der Waals surface area contributed by atoms with E-state index in [9.17, 15) is 0 Å². The van der Waals surface area contributed by atoms with Crippen molar-refractivity contribution in [1.29, 1.82) is 0 Å². The smallest absolute Gasteiger partial charge is 0.194 e. The number of likely N-dealkylation sites (tertiary alicyclic amines) is 1. The van der Waals surface area contributed by atoms with Crippen LogP contribution in [0.5, 0.6) is 0 Å². The van der Waals surface area contributed by atoms with Gasteiger partial charge < -0.3 is 20.0 Å². The number of rotatable bonds is 5. The summed E-state index contributed by atoms with van der Waals surface area (Å²) in [6.45, 7) is 15.0. The molecule has 1 aromatic heterocycles. The largest absolute Gasteiger partial charge is 0.357 e. The highest BCUT2D eigenvalue weighted by Gasteiger charge is 2.23. The molecule has 0 radical (unpaired) electrons. The second-order valence-corrected chi connectivity index (χ2v) is 7.95. The van der Waals surface area contributed by atoms with E-state index in [0.29, 0.717) is 12.0 Å². The second-order valence-electron chi connectivity index (χ2n) is 7.95. The normalized spacial score (nSPS) is 22.4. The summed E-state index contributed by atoms with van der Waals surface area (Å²) in [5.74, 6) is 2.85. The van der Waals surface area contributed by atoms with Crippen molar-refractivity contribution in [2.24, 2.45) is 10.9 Å². The number of guanidine groups is 1. The molecule has 2 fully saturated rings. The van der Waals surface area contributed by atoms with Crippen molar-refractivity contribution >= 4 is 11.8 Å². The summed E-state index contributed by atoms with van der Waals surface area (Å²) >= 11 is 0. The van der Waals surface area contributed by atoms with Crippen LogP contribution in [0.3, 0.4) is 0 Å². The maximum absolute atomic E-state index is 5.02. The first-order valence-corrected chi connectivity index (χ1v) is 10.6. The summed E-state index contributed by atoms with van der Waals surface area (Å²) < 4.78 is 0. The van der Waals surface area contributed by atoms with Gasteiger partial charge in [-0.15, -0.1) is 0 Å². The molecule has 27 heavy (non-hydrogen) atoms. The lowest BCUT2D eigenvalue weighted by Gasteiger charge is -2.38. The number of piperazine rings is 1. The molecule has 0 aromatic carbocycles. The van der Waals surface area contributed by atoms with Crippen LogP contribution in [0, 0.1) is 5.92 Å². The number of nitrogens with one attached hydrogen (secondary N) is 1. The van der Waals surface area contributed by atoms with Crippen LogP contribution in [0.1, 0.15) is 33.6 Å². The molecule has 150 valence electrons. The Morgan fingerprint density at radius 2 is 2.04 bits per heavy atom. The predicted octanol–water partition coefficient (Wildman–Crippen LogP) is 2.29. The van der Waals surface area contributed by atoms with Crippen molar-refractivity contribution in [3.8, 4) is 0 Å². The Hall–Kier alpha value is -1.82. The van der Waals surface area contributed by atoms with E-state index >= 15 is 0 Å². The van der Waals surface area contributed by atoms with Crippen LogP contribution in [0.4, 0.5) is 5.82 Å². The van der Waals surface area contributed by atoms with Gasteiger partial charge >= 0.3 is 0 Å². The highest BCUT2D eigenvalue weighted by molar-refractivity contribution is 5.80. The summed E-state index contributed by atoms with van der Waals surface area (Å²) in [6.07, 6.45) is 4.48. The summed E-state index contributed by atoms with van der Waals surface area (Å²) in [7, 11) is 0. The minimum Gasteiger partial charge on any atom is -0.357 e. The van der Waals surface area contributed by atoms with Gasteiger partial charge in [0.05, 0.1) is 0 Å². The molecule has 2 saturated heterocycles. The van der Waals surface area contributed by atoms with Gasteiger partial charge in [0.25, 0.3) is 0 Å². The highest BCUT2D eigenvalue weighted by atomic mass is 15.4. The zero-order valence-corrected chi connectivity index (χ0v) is 17.3. The van der Waals surface area contributed by atoms with Crippen LogP contribution in [0.25, 0.3) is 0 Å². The molecular weight excluding hydrogens is 336 g/mol. The third-order valence-corrected chi connectivity index (χ3v) is 5.67. The molecule has 0 amide bonds. The molecule has 1 unspecified atom stereocenters. The van der Waals surface area contributed by atoms with E-state index < -0.39 is 0 Å². The van der Waals surface area contributed by atoms with Gasteiger partial charge in [-0.25, -0.2) is 4.98 Å². The lowest BCUT2D eigenvalue weighted by Crippen LogP contribution is -2.53. The molecule has 0 aliphatic carbocycles. The molecule has 1 N–H and O–H groups in total. The van der Waals surface area contributed by atoms with Gasteiger partial charge in [0.15, 0.2) is 5.96 Å². The lowest BCUT2D eigenvalue weighted by atomic mass is 9.97. The Morgan fingerprint density at radius 1 is 1.22 bits per heavy atom. The summed E-state index contributed by atoms with van der Waals surface area (Å²) in [5.41, 5.74) is 0. The van der Waals surface area contributed by atoms with E-state index in [1.54, 1.807) is 0 Å². The van der Waals surface area contributed by atoms with Crippen LogP contribution in [-0.2, 0) is 0 Å². The van der Waals surface area contributed by atoms with Crippen molar-refractivity contribution < 1.29 is 0 Å². The average molecular weight is 373 g/mol. The van der Waals surface area contributed by atoms with Gasteiger partial charge in [-0.1, -0.05) is 6.07 Å². The SMILES string of the molecule is CCNC(=NCC1CCCN(C(C)C)C1)N1CCN(c2ccccn2)CC1. The second kappa shape index (κ2) is 9.93. The fourth-order valence-electron chi connectivity index (χ4n) is 4.04. The first-order chi connectivity index (χ1) is 13.2. The van der Waals surface area contributed by atoms with E-state index in [1.807, 2.05) is 12.3 Å². The molecule has 2 aliphatic heterocycles. The van der Waals surface area contributed by atoms with Gasteiger partial charge in [-0.05, 0) is 58.2 Å². The first kappa shape index (κ1) is 19.9. The van der Waals surface area contributed by atoms with Crippen LogP contribution in [-0.4, -0.2) is 79.1 Å². The first-order valence-electron chi connectivity index (χ1n) is 10.6. The minimum absolute atomic E-state index is 0.643. The number of aromatic nitrogens is 1. The fourth-order valence-corrected chi connectivity index (χ4v) is 4.04. The predicted molar refractivity (Wildman–Crippen MR) is 113 cm³/mol. The molecule has 0 spiro atoms. The summed E-state index contributed by atoms with van der Waals surface area (Å²) in [5, 5.41) is 3.51. The molecule has 6 nitrogen and oxygen atoms in total. The Bertz CT molecular complexity index is 580. The molecule has 3 rings (SSSR count).